The maximum atomic E-state index is 3.62. The number of hydrogen-bond donors (Lipinski definition) is 1. The Kier molecular flexibility index (Phi) is 2.80. The fourth-order valence-electron chi connectivity index (χ4n) is 1.79. The van der Waals surface area contributed by atoms with Crippen LogP contribution in [-0.4, -0.2) is 6.04 Å². The van der Waals surface area contributed by atoms with E-state index >= 15 is 0 Å². The van der Waals surface area contributed by atoms with E-state index in [9.17, 15) is 0 Å². The van der Waals surface area contributed by atoms with Crippen molar-refractivity contribution in [2.75, 3.05) is 5.32 Å². The first-order valence-electron chi connectivity index (χ1n) is 5.54. The van der Waals surface area contributed by atoms with Crippen molar-refractivity contribution in [1.82, 2.24) is 0 Å². The third kappa shape index (κ3) is 2.36. The standard InChI is InChI=1S/C13H18BrN/c1-9-4-5-11(14)8-12(9)15-10(2)13(3)6-7-13/h4-5,8,10,15H,6-7H2,1-3H3. The SMILES string of the molecule is Cc1ccc(Br)cc1NC(C)C1(C)CC1. The highest BCUT2D eigenvalue weighted by Crippen LogP contribution is 2.49. The Bertz CT molecular complexity index is 369. The molecule has 0 aromatic heterocycles. The second kappa shape index (κ2) is 3.82. The van der Waals surface area contributed by atoms with Crippen LogP contribution in [0.3, 0.4) is 0 Å². The molecule has 0 spiro atoms. The van der Waals surface area contributed by atoms with Gasteiger partial charge in [0.1, 0.15) is 0 Å². The first-order valence-corrected chi connectivity index (χ1v) is 6.33. The van der Waals surface area contributed by atoms with Gasteiger partial charge in [-0.2, -0.15) is 0 Å². The molecule has 82 valence electrons. The number of anilines is 1. The van der Waals surface area contributed by atoms with Crippen LogP contribution >= 0.6 is 15.9 Å². The molecule has 1 unspecified atom stereocenters. The van der Waals surface area contributed by atoms with E-state index in [1.807, 2.05) is 0 Å². The molecular weight excluding hydrogens is 250 g/mol. The molecule has 0 radical (unpaired) electrons. The largest absolute Gasteiger partial charge is 0.382 e. The normalized spacial score (nSPS) is 19.7. The second-order valence-electron chi connectivity index (χ2n) is 4.98. The van der Waals surface area contributed by atoms with Crippen LogP contribution in [0.2, 0.25) is 0 Å². The van der Waals surface area contributed by atoms with Gasteiger partial charge in [-0.05, 0) is 49.8 Å². The highest BCUT2D eigenvalue weighted by Gasteiger charge is 2.42. The summed E-state index contributed by atoms with van der Waals surface area (Å²) in [5.41, 5.74) is 3.09. The summed E-state index contributed by atoms with van der Waals surface area (Å²) >= 11 is 3.51. The van der Waals surface area contributed by atoms with Crippen LogP contribution in [0.15, 0.2) is 22.7 Å². The zero-order valence-corrected chi connectivity index (χ0v) is 11.2. The average molecular weight is 268 g/mol. The van der Waals surface area contributed by atoms with Crippen LogP contribution in [0.5, 0.6) is 0 Å². The summed E-state index contributed by atoms with van der Waals surface area (Å²) in [4.78, 5) is 0. The van der Waals surface area contributed by atoms with Crippen molar-refractivity contribution in [2.24, 2.45) is 5.41 Å². The molecule has 2 rings (SSSR count). The molecule has 1 aliphatic rings. The summed E-state index contributed by atoms with van der Waals surface area (Å²) in [5.74, 6) is 0. The molecule has 1 N–H and O–H groups in total. The third-order valence-corrected chi connectivity index (χ3v) is 4.15. The lowest BCUT2D eigenvalue weighted by molar-refractivity contribution is 0.493. The molecule has 0 heterocycles. The van der Waals surface area contributed by atoms with E-state index in [0.29, 0.717) is 11.5 Å². The van der Waals surface area contributed by atoms with Crippen LogP contribution < -0.4 is 5.32 Å². The summed E-state index contributed by atoms with van der Waals surface area (Å²) in [6, 6.07) is 6.96. The van der Waals surface area contributed by atoms with Crippen molar-refractivity contribution in [3.05, 3.63) is 28.2 Å². The molecule has 1 aromatic rings. The van der Waals surface area contributed by atoms with Crippen molar-refractivity contribution in [3.63, 3.8) is 0 Å². The van der Waals surface area contributed by atoms with Gasteiger partial charge < -0.3 is 5.32 Å². The smallest absolute Gasteiger partial charge is 0.0383 e. The first-order chi connectivity index (χ1) is 7.01. The van der Waals surface area contributed by atoms with Gasteiger partial charge in [0.15, 0.2) is 0 Å². The fourth-order valence-corrected chi connectivity index (χ4v) is 2.15. The topological polar surface area (TPSA) is 12.0 Å². The number of halogens is 1. The summed E-state index contributed by atoms with van der Waals surface area (Å²) in [6.45, 7) is 6.79. The Labute approximate surface area is 100 Å². The minimum atomic E-state index is 0.523. The summed E-state index contributed by atoms with van der Waals surface area (Å²) < 4.78 is 1.14. The van der Waals surface area contributed by atoms with Gasteiger partial charge in [0.05, 0.1) is 0 Å². The molecule has 1 nitrogen and oxygen atoms in total. The third-order valence-electron chi connectivity index (χ3n) is 3.66. The van der Waals surface area contributed by atoms with Gasteiger partial charge in [0.25, 0.3) is 0 Å². The monoisotopic (exact) mass is 267 g/mol. The number of hydrogen-bond acceptors (Lipinski definition) is 1. The lowest BCUT2D eigenvalue weighted by atomic mass is 10.00. The van der Waals surface area contributed by atoms with Gasteiger partial charge in [-0.15, -0.1) is 0 Å². The van der Waals surface area contributed by atoms with E-state index in [1.54, 1.807) is 0 Å². The Hall–Kier alpha value is -0.500. The van der Waals surface area contributed by atoms with Crippen molar-refractivity contribution in [1.29, 1.82) is 0 Å². The number of rotatable bonds is 3. The zero-order chi connectivity index (χ0) is 11.1. The quantitative estimate of drug-likeness (QED) is 0.858. The van der Waals surface area contributed by atoms with Gasteiger partial charge in [-0.3, -0.25) is 0 Å². The van der Waals surface area contributed by atoms with Crippen molar-refractivity contribution < 1.29 is 0 Å². The Morgan fingerprint density at radius 1 is 1.40 bits per heavy atom. The molecule has 1 saturated carbocycles. The number of aryl methyl sites for hydroxylation is 1. The van der Waals surface area contributed by atoms with E-state index in [0.717, 1.165) is 4.47 Å². The van der Waals surface area contributed by atoms with Crippen LogP contribution in [0.25, 0.3) is 0 Å². The van der Waals surface area contributed by atoms with E-state index < -0.39 is 0 Å². The van der Waals surface area contributed by atoms with Crippen LogP contribution in [0.4, 0.5) is 5.69 Å². The highest BCUT2D eigenvalue weighted by molar-refractivity contribution is 9.10. The molecule has 1 atom stereocenters. The summed E-state index contributed by atoms with van der Waals surface area (Å²) in [7, 11) is 0. The van der Waals surface area contributed by atoms with Gasteiger partial charge >= 0.3 is 0 Å². The summed E-state index contributed by atoms with van der Waals surface area (Å²) in [6.07, 6.45) is 2.71. The Balaban J connectivity index is 2.13. The van der Waals surface area contributed by atoms with Gasteiger partial charge in [-0.25, -0.2) is 0 Å². The molecule has 1 fully saturated rings. The Morgan fingerprint density at radius 3 is 2.67 bits per heavy atom. The predicted octanol–water partition coefficient (Wildman–Crippen LogP) is 4.36. The van der Waals surface area contributed by atoms with Crippen molar-refractivity contribution in [3.8, 4) is 0 Å². The molecule has 0 bridgehead atoms. The maximum absolute atomic E-state index is 3.62. The van der Waals surface area contributed by atoms with E-state index in [2.05, 4.69) is 60.2 Å². The van der Waals surface area contributed by atoms with Crippen molar-refractivity contribution in [2.45, 2.75) is 39.7 Å². The van der Waals surface area contributed by atoms with Crippen LogP contribution in [0.1, 0.15) is 32.3 Å². The Morgan fingerprint density at radius 2 is 2.07 bits per heavy atom. The number of benzene rings is 1. The van der Waals surface area contributed by atoms with E-state index in [4.69, 9.17) is 0 Å². The molecular formula is C13H18BrN. The van der Waals surface area contributed by atoms with Gasteiger partial charge in [-0.1, -0.05) is 28.9 Å². The number of nitrogens with one attached hydrogen (secondary N) is 1. The first kappa shape index (κ1) is 11.0. The molecule has 15 heavy (non-hydrogen) atoms. The minimum absolute atomic E-state index is 0.523. The van der Waals surface area contributed by atoms with E-state index in [-0.39, 0.29) is 0 Å². The second-order valence-corrected chi connectivity index (χ2v) is 5.89. The molecule has 1 aliphatic carbocycles. The highest BCUT2D eigenvalue weighted by atomic mass is 79.9. The maximum Gasteiger partial charge on any atom is 0.0383 e. The average Bonchev–Trinajstić information content (AvgIpc) is 2.91. The minimum Gasteiger partial charge on any atom is -0.382 e. The lowest BCUT2D eigenvalue weighted by Gasteiger charge is -2.22. The van der Waals surface area contributed by atoms with Crippen LogP contribution in [0, 0.1) is 12.3 Å². The van der Waals surface area contributed by atoms with E-state index in [1.165, 1.54) is 24.1 Å². The lowest BCUT2D eigenvalue weighted by Crippen LogP contribution is -2.25. The molecule has 0 aliphatic heterocycles. The molecule has 2 heteroatoms. The fraction of sp³-hybridized carbons (Fsp3) is 0.538. The van der Waals surface area contributed by atoms with Gasteiger partial charge in [0, 0.05) is 16.2 Å². The van der Waals surface area contributed by atoms with Crippen molar-refractivity contribution >= 4 is 21.6 Å². The molecule has 0 amide bonds. The predicted molar refractivity (Wildman–Crippen MR) is 69.3 cm³/mol. The zero-order valence-electron chi connectivity index (χ0n) is 9.60. The summed E-state index contributed by atoms with van der Waals surface area (Å²) in [5, 5.41) is 3.62. The molecule has 0 saturated heterocycles. The van der Waals surface area contributed by atoms with Gasteiger partial charge in [0.2, 0.25) is 0 Å². The molecule has 1 aromatic carbocycles. The van der Waals surface area contributed by atoms with Crippen LogP contribution in [-0.2, 0) is 0 Å².